The van der Waals surface area contributed by atoms with Crippen LogP contribution in [0, 0.1) is 24.2 Å². The lowest BCUT2D eigenvalue weighted by Gasteiger charge is -2.29. The van der Waals surface area contributed by atoms with Crippen LogP contribution in [0.4, 0.5) is 5.69 Å². The lowest BCUT2D eigenvalue weighted by Crippen LogP contribution is -2.40. The van der Waals surface area contributed by atoms with E-state index in [9.17, 15) is 14.9 Å². The molecule has 0 bridgehead atoms. The summed E-state index contributed by atoms with van der Waals surface area (Å²) in [6.07, 6.45) is 2.25. The van der Waals surface area contributed by atoms with E-state index in [2.05, 4.69) is 5.32 Å². The number of rotatable bonds is 4. The van der Waals surface area contributed by atoms with Crippen LogP contribution in [0.5, 0.6) is 0 Å². The van der Waals surface area contributed by atoms with Crippen LogP contribution in [-0.2, 0) is 9.59 Å². The molecule has 1 saturated heterocycles. The highest BCUT2D eigenvalue weighted by Crippen LogP contribution is 2.19. The summed E-state index contributed by atoms with van der Waals surface area (Å²) in [5.41, 5.74) is 1.86. The predicted molar refractivity (Wildman–Crippen MR) is 85.4 cm³/mol. The summed E-state index contributed by atoms with van der Waals surface area (Å²) in [6, 6.07) is 9.49. The molecule has 0 unspecified atom stereocenters. The van der Waals surface area contributed by atoms with Gasteiger partial charge in [0.25, 0.3) is 5.91 Å². The van der Waals surface area contributed by atoms with Gasteiger partial charge in [-0.05, 0) is 31.4 Å². The van der Waals surface area contributed by atoms with E-state index in [4.69, 9.17) is 5.11 Å². The van der Waals surface area contributed by atoms with Gasteiger partial charge >= 0.3 is 5.97 Å². The van der Waals surface area contributed by atoms with E-state index in [1.54, 1.807) is 0 Å². The van der Waals surface area contributed by atoms with Gasteiger partial charge in [-0.2, -0.15) is 5.26 Å². The van der Waals surface area contributed by atoms with E-state index in [0.29, 0.717) is 25.9 Å². The number of para-hydroxylation sites is 1. The molecule has 0 spiro atoms. The Morgan fingerprint density at radius 2 is 2.00 bits per heavy atom. The van der Waals surface area contributed by atoms with Crippen molar-refractivity contribution in [3.05, 3.63) is 41.6 Å². The maximum atomic E-state index is 12.4. The van der Waals surface area contributed by atoms with Crippen molar-refractivity contribution >= 4 is 17.6 Å². The molecule has 0 saturated carbocycles. The number of benzene rings is 1. The molecule has 6 nitrogen and oxygen atoms in total. The van der Waals surface area contributed by atoms with Crippen molar-refractivity contribution in [3.63, 3.8) is 0 Å². The molecule has 1 amide bonds. The maximum Gasteiger partial charge on any atom is 0.306 e. The molecule has 23 heavy (non-hydrogen) atoms. The van der Waals surface area contributed by atoms with Crippen LogP contribution in [-0.4, -0.2) is 35.0 Å². The lowest BCUT2D eigenvalue weighted by molar-refractivity contribution is -0.145. The highest BCUT2D eigenvalue weighted by Gasteiger charge is 2.28. The Balaban J connectivity index is 2.02. The van der Waals surface area contributed by atoms with Crippen molar-refractivity contribution in [1.29, 1.82) is 5.26 Å². The predicted octanol–water partition coefficient (Wildman–Crippen LogP) is 2.14. The second kappa shape index (κ2) is 7.45. The first kappa shape index (κ1) is 16.6. The number of amides is 1. The summed E-state index contributed by atoms with van der Waals surface area (Å²) in [5, 5.41) is 21.2. The molecule has 1 aromatic carbocycles. The quantitative estimate of drug-likeness (QED) is 0.656. The average molecular weight is 313 g/mol. The normalized spacial score (nSPS) is 15.8. The maximum absolute atomic E-state index is 12.4. The second-order valence-corrected chi connectivity index (χ2v) is 5.53. The fourth-order valence-corrected chi connectivity index (χ4v) is 2.53. The second-order valence-electron chi connectivity index (χ2n) is 5.53. The lowest BCUT2D eigenvalue weighted by atomic mass is 9.97. The fraction of sp³-hybridized carbons (Fsp3) is 0.353. The van der Waals surface area contributed by atoms with E-state index < -0.39 is 11.9 Å². The number of piperidine rings is 1. The van der Waals surface area contributed by atoms with Crippen LogP contribution in [0.25, 0.3) is 0 Å². The number of nitrogens with one attached hydrogen (secondary N) is 1. The van der Waals surface area contributed by atoms with Crippen LogP contribution in [0.2, 0.25) is 0 Å². The summed E-state index contributed by atoms with van der Waals surface area (Å²) < 4.78 is 0. The molecule has 1 fully saturated rings. The van der Waals surface area contributed by atoms with Gasteiger partial charge in [-0.1, -0.05) is 18.2 Å². The van der Waals surface area contributed by atoms with Gasteiger partial charge in [-0.25, -0.2) is 0 Å². The Morgan fingerprint density at radius 3 is 2.57 bits per heavy atom. The summed E-state index contributed by atoms with van der Waals surface area (Å²) in [6.45, 7) is 2.65. The molecule has 2 N–H and O–H groups in total. The number of carbonyl (C=O) groups excluding carboxylic acids is 1. The molecule has 1 aromatic rings. The summed E-state index contributed by atoms with van der Waals surface area (Å²) in [4.78, 5) is 24.8. The number of nitrogens with zero attached hydrogens (tertiary/aromatic N) is 2. The smallest absolute Gasteiger partial charge is 0.306 e. The molecule has 120 valence electrons. The fourth-order valence-electron chi connectivity index (χ4n) is 2.53. The van der Waals surface area contributed by atoms with Crippen LogP contribution in [0.15, 0.2) is 36.0 Å². The van der Waals surface area contributed by atoms with Crippen LogP contribution in [0.3, 0.4) is 0 Å². The van der Waals surface area contributed by atoms with Gasteiger partial charge in [-0.15, -0.1) is 0 Å². The van der Waals surface area contributed by atoms with E-state index >= 15 is 0 Å². The van der Waals surface area contributed by atoms with E-state index in [0.717, 1.165) is 11.3 Å². The van der Waals surface area contributed by atoms with Gasteiger partial charge in [0, 0.05) is 25.0 Å². The summed E-state index contributed by atoms with van der Waals surface area (Å²) >= 11 is 0. The Morgan fingerprint density at radius 1 is 1.35 bits per heavy atom. The molecule has 6 heteroatoms. The van der Waals surface area contributed by atoms with Crippen molar-refractivity contribution in [2.75, 3.05) is 18.4 Å². The molecular weight excluding hydrogens is 294 g/mol. The minimum atomic E-state index is -0.825. The summed E-state index contributed by atoms with van der Waals surface area (Å²) in [5.74, 6) is -1.59. The monoisotopic (exact) mass is 313 g/mol. The Hall–Kier alpha value is -2.81. The molecule has 1 heterocycles. The van der Waals surface area contributed by atoms with Gasteiger partial charge in [0.2, 0.25) is 0 Å². The van der Waals surface area contributed by atoms with E-state index in [1.807, 2.05) is 37.3 Å². The zero-order valence-electron chi connectivity index (χ0n) is 13.0. The third kappa shape index (κ3) is 4.10. The molecule has 0 aromatic heterocycles. The molecule has 0 aliphatic carbocycles. The number of hydrogen-bond acceptors (Lipinski definition) is 4. The van der Waals surface area contributed by atoms with Crippen LogP contribution >= 0.6 is 0 Å². The number of carboxylic acid groups (broad SMARTS) is 1. The summed E-state index contributed by atoms with van der Waals surface area (Å²) in [7, 11) is 0. The van der Waals surface area contributed by atoms with Crippen molar-refractivity contribution in [1.82, 2.24) is 4.90 Å². The van der Waals surface area contributed by atoms with Crippen molar-refractivity contribution in [3.8, 4) is 6.07 Å². The zero-order chi connectivity index (χ0) is 16.8. The minimum Gasteiger partial charge on any atom is -0.481 e. The molecule has 1 aliphatic rings. The van der Waals surface area contributed by atoms with Gasteiger partial charge in [0.05, 0.1) is 5.92 Å². The number of carboxylic acids is 1. The third-order valence-electron chi connectivity index (χ3n) is 4.00. The molecule has 0 atom stereocenters. The van der Waals surface area contributed by atoms with Crippen molar-refractivity contribution < 1.29 is 14.7 Å². The Labute approximate surface area is 135 Å². The number of nitriles is 1. The topological polar surface area (TPSA) is 93.4 Å². The number of likely N-dealkylation sites (tertiary alicyclic amines) is 1. The van der Waals surface area contributed by atoms with Gasteiger partial charge in [0.1, 0.15) is 11.6 Å². The largest absolute Gasteiger partial charge is 0.481 e. The molecule has 0 radical (unpaired) electrons. The van der Waals surface area contributed by atoms with E-state index in [1.165, 1.54) is 11.1 Å². The molecule has 1 aliphatic heterocycles. The number of hydrogen-bond donors (Lipinski definition) is 2. The number of carbonyl (C=O) groups is 2. The zero-order valence-corrected chi connectivity index (χ0v) is 13.0. The van der Waals surface area contributed by atoms with Gasteiger partial charge in [0.15, 0.2) is 0 Å². The first-order chi connectivity index (χ1) is 11.0. The van der Waals surface area contributed by atoms with Crippen LogP contribution in [0.1, 0.15) is 18.4 Å². The number of anilines is 1. The van der Waals surface area contributed by atoms with Crippen molar-refractivity contribution in [2.24, 2.45) is 5.92 Å². The van der Waals surface area contributed by atoms with Gasteiger partial charge in [-0.3, -0.25) is 9.59 Å². The SMILES string of the molecule is Cc1ccccc1N/C=C(/C#N)C(=O)N1CCC(C(=O)O)CC1. The van der Waals surface area contributed by atoms with Crippen molar-refractivity contribution in [2.45, 2.75) is 19.8 Å². The van der Waals surface area contributed by atoms with E-state index in [-0.39, 0.29) is 11.5 Å². The Bertz CT molecular complexity index is 668. The highest BCUT2D eigenvalue weighted by atomic mass is 16.4. The number of aryl methyl sites for hydroxylation is 1. The number of aliphatic carboxylic acids is 1. The first-order valence-electron chi connectivity index (χ1n) is 7.47. The first-order valence-corrected chi connectivity index (χ1v) is 7.47. The Kier molecular flexibility index (Phi) is 5.36. The molecule has 2 rings (SSSR count). The average Bonchev–Trinajstić information content (AvgIpc) is 2.56. The molecular formula is C17H19N3O3. The van der Waals surface area contributed by atoms with Crippen LogP contribution < -0.4 is 5.32 Å². The standard InChI is InChI=1S/C17H19N3O3/c1-12-4-2-3-5-15(12)19-11-14(10-18)16(21)20-8-6-13(7-9-20)17(22)23/h2-5,11,13,19H,6-9H2,1H3,(H,22,23)/b14-11-. The van der Waals surface area contributed by atoms with Gasteiger partial charge < -0.3 is 15.3 Å². The third-order valence-corrected chi connectivity index (χ3v) is 4.00. The minimum absolute atomic E-state index is 0.0158. The highest BCUT2D eigenvalue weighted by molar-refractivity contribution is 5.97.